The fraction of sp³-hybridized carbons (Fsp3) is 0.250. The Balaban J connectivity index is 2.09. The molecule has 0 aliphatic carbocycles. The van der Waals surface area contributed by atoms with Crippen LogP contribution in [-0.2, 0) is 0 Å². The van der Waals surface area contributed by atoms with Crippen LogP contribution in [0.2, 0.25) is 0 Å². The molecular formula is C20H22N2O4. The van der Waals surface area contributed by atoms with E-state index in [9.17, 15) is 4.79 Å². The number of nitrogens with one attached hydrogen (secondary N) is 2. The van der Waals surface area contributed by atoms with Gasteiger partial charge >= 0.3 is 0 Å². The van der Waals surface area contributed by atoms with Crippen molar-refractivity contribution in [2.75, 3.05) is 26.6 Å². The van der Waals surface area contributed by atoms with Gasteiger partial charge in [0.1, 0.15) is 0 Å². The maximum Gasteiger partial charge on any atom is 0.257 e. The Morgan fingerprint density at radius 2 is 1.73 bits per heavy atom. The Labute approximate surface area is 152 Å². The molecule has 2 N–H and O–H groups in total. The maximum absolute atomic E-state index is 12.9. The zero-order valence-corrected chi connectivity index (χ0v) is 15.5. The summed E-state index contributed by atoms with van der Waals surface area (Å²) in [6, 6.07) is 7.68. The van der Waals surface area contributed by atoms with Gasteiger partial charge in [-0.2, -0.15) is 0 Å². The highest BCUT2D eigenvalue weighted by atomic mass is 16.5. The molecule has 6 nitrogen and oxygen atoms in total. The van der Waals surface area contributed by atoms with Gasteiger partial charge in [0.05, 0.1) is 37.8 Å². The second-order valence-electron chi connectivity index (χ2n) is 6.04. The first-order chi connectivity index (χ1) is 12.5. The van der Waals surface area contributed by atoms with E-state index in [1.807, 2.05) is 32.0 Å². The van der Waals surface area contributed by atoms with Crippen molar-refractivity contribution in [2.24, 2.45) is 0 Å². The number of aryl methyl sites for hydroxylation is 2. The standard InChI is InChI=1S/C20H22N2O4/c1-11-6-7-14(12(2)8-11)22-20(23)13-10-21-15-9-16(24-3)18(25-4)19(26-5)17(13)15/h6-10,21H,1-5H3,(H,22,23). The third-order valence-corrected chi connectivity index (χ3v) is 4.35. The highest BCUT2D eigenvalue weighted by molar-refractivity contribution is 6.15. The van der Waals surface area contributed by atoms with Gasteiger partial charge in [0.2, 0.25) is 5.75 Å². The lowest BCUT2D eigenvalue weighted by Crippen LogP contribution is -2.12. The smallest absolute Gasteiger partial charge is 0.257 e. The first-order valence-corrected chi connectivity index (χ1v) is 8.18. The number of fused-ring (bicyclic) bond motifs is 1. The topological polar surface area (TPSA) is 72.6 Å². The van der Waals surface area contributed by atoms with Crippen LogP contribution >= 0.6 is 0 Å². The molecule has 0 atom stereocenters. The molecule has 0 radical (unpaired) electrons. The zero-order chi connectivity index (χ0) is 18.8. The van der Waals surface area contributed by atoms with E-state index in [1.165, 1.54) is 14.2 Å². The van der Waals surface area contributed by atoms with Gasteiger partial charge < -0.3 is 24.5 Å². The lowest BCUT2D eigenvalue weighted by molar-refractivity contribution is 0.102. The molecule has 6 heteroatoms. The molecule has 0 unspecified atom stereocenters. The number of hydrogen-bond donors (Lipinski definition) is 2. The monoisotopic (exact) mass is 354 g/mol. The molecule has 26 heavy (non-hydrogen) atoms. The van der Waals surface area contributed by atoms with Crippen molar-refractivity contribution in [3.8, 4) is 17.2 Å². The predicted octanol–water partition coefficient (Wildman–Crippen LogP) is 4.06. The molecule has 2 aromatic carbocycles. The van der Waals surface area contributed by atoms with E-state index < -0.39 is 0 Å². The van der Waals surface area contributed by atoms with Crippen LogP contribution in [0.15, 0.2) is 30.5 Å². The average molecular weight is 354 g/mol. The zero-order valence-electron chi connectivity index (χ0n) is 15.5. The van der Waals surface area contributed by atoms with E-state index >= 15 is 0 Å². The van der Waals surface area contributed by atoms with Crippen molar-refractivity contribution in [2.45, 2.75) is 13.8 Å². The van der Waals surface area contributed by atoms with Gasteiger partial charge in [0, 0.05) is 18.0 Å². The van der Waals surface area contributed by atoms with Gasteiger partial charge in [-0.05, 0) is 25.5 Å². The predicted molar refractivity (Wildman–Crippen MR) is 102 cm³/mol. The van der Waals surface area contributed by atoms with E-state index in [2.05, 4.69) is 10.3 Å². The van der Waals surface area contributed by atoms with Crippen LogP contribution in [0.4, 0.5) is 5.69 Å². The molecule has 1 heterocycles. The number of carbonyl (C=O) groups is 1. The molecule has 0 aliphatic rings. The summed E-state index contributed by atoms with van der Waals surface area (Å²) in [5.74, 6) is 1.20. The second-order valence-corrected chi connectivity index (χ2v) is 6.04. The van der Waals surface area contributed by atoms with Crippen LogP contribution in [0.25, 0.3) is 10.9 Å². The number of H-pyrrole nitrogens is 1. The maximum atomic E-state index is 12.9. The first kappa shape index (κ1) is 17.7. The number of ether oxygens (including phenoxy) is 3. The number of rotatable bonds is 5. The third-order valence-electron chi connectivity index (χ3n) is 4.35. The van der Waals surface area contributed by atoms with Crippen LogP contribution in [0, 0.1) is 13.8 Å². The van der Waals surface area contributed by atoms with Crippen molar-refractivity contribution in [1.82, 2.24) is 4.98 Å². The molecule has 1 amide bonds. The molecule has 136 valence electrons. The van der Waals surface area contributed by atoms with Crippen molar-refractivity contribution in [1.29, 1.82) is 0 Å². The molecule has 3 rings (SSSR count). The lowest BCUT2D eigenvalue weighted by Gasteiger charge is -2.14. The molecule has 0 fully saturated rings. The summed E-state index contributed by atoms with van der Waals surface area (Å²) in [6.07, 6.45) is 1.66. The molecular weight excluding hydrogens is 332 g/mol. The van der Waals surface area contributed by atoms with Crippen LogP contribution in [0.5, 0.6) is 17.2 Å². The summed E-state index contributed by atoms with van der Waals surface area (Å²) in [5.41, 5.74) is 4.12. The number of aromatic nitrogens is 1. The lowest BCUT2D eigenvalue weighted by atomic mass is 10.1. The minimum absolute atomic E-state index is 0.228. The third kappa shape index (κ3) is 2.94. The molecule has 0 saturated carbocycles. The normalized spacial score (nSPS) is 10.7. The van der Waals surface area contributed by atoms with Crippen molar-refractivity contribution >= 4 is 22.5 Å². The van der Waals surface area contributed by atoms with Gasteiger partial charge in [0.15, 0.2) is 11.5 Å². The fourth-order valence-corrected chi connectivity index (χ4v) is 3.08. The molecule has 1 aromatic heterocycles. The minimum Gasteiger partial charge on any atom is -0.493 e. The van der Waals surface area contributed by atoms with E-state index in [0.717, 1.165) is 22.3 Å². The SMILES string of the molecule is COc1cc2[nH]cc(C(=O)Nc3ccc(C)cc3C)c2c(OC)c1OC. The Morgan fingerprint density at radius 1 is 1.00 bits per heavy atom. The van der Waals surface area contributed by atoms with Crippen LogP contribution in [0.3, 0.4) is 0 Å². The molecule has 0 spiro atoms. The summed E-state index contributed by atoms with van der Waals surface area (Å²) >= 11 is 0. The Bertz CT molecular complexity index is 976. The number of anilines is 1. The van der Waals surface area contributed by atoms with E-state index in [0.29, 0.717) is 28.2 Å². The summed E-state index contributed by atoms with van der Waals surface area (Å²) in [5, 5.41) is 3.61. The van der Waals surface area contributed by atoms with Crippen molar-refractivity contribution in [3.05, 3.63) is 47.2 Å². The molecule has 0 saturated heterocycles. The number of carbonyl (C=O) groups excluding carboxylic acids is 1. The Morgan fingerprint density at radius 3 is 2.35 bits per heavy atom. The second kappa shape index (κ2) is 7.00. The van der Waals surface area contributed by atoms with Crippen LogP contribution in [-0.4, -0.2) is 32.2 Å². The van der Waals surface area contributed by atoms with Crippen molar-refractivity contribution in [3.63, 3.8) is 0 Å². The van der Waals surface area contributed by atoms with Gasteiger partial charge in [-0.15, -0.1) is 0 Å². The van der Waals surface area contributed by atoms with Gasteiger partial charge in [-0.1, -0.05) is 17.7 Å². The van der Waals surface area contributed by atoms with Gasteiger partial charge in [-0.3, -0.25) is 4.79 Å². The van der Waals surface area contributed by atoms with E-state index in [4.69, 9.17) is 14.2 Å². The highest BCUT2D eigenvalue weighted by Crippen LogP contribution is 2.44. The molecule has 0 aliphatic heterocycles. The van der Waals surface area contributed by atoms with E-state index in [-0.39, 0.29) is 5.91 Å². The largest absolute Gasteiger partial charge is 0.493 e. The van der Waals surface area contributed by atoms with E-state index in [1.54, 1.807) is 19.4 Å². The fourth-order valence-electron chi connectivity index (χ4n) is 3.08. The van der Waals surface area contributed by atoms with Crippen LogP contribution < -0.4 is 19.5 Å². The number of hydrogen-bond acceptors (Lipinski definition) is 4. The summed E-state index contributed by atoms with van der Waals surface area (Å²) < 4.78 is 16.3. The van der Waals surface area contributed by atoms with Crippen molar-refractivity contribution < 1.29 is 19.0 Å². The first-order valence-electron chi connectivity index (χ1n) is 8.18. The molecule has 0 bridgehead atoms. The quantitative estimate of drug-likeness (QED) is 0.725. The van der Waals surface area contributed by atoms with Gasteiger partial charge in [-0.25, -0.2) is 0 Å². The summed E-state index contributed by atoms with van der Waals surface area (Å²) in [7, 11) is 4.63. The molecule has 3 aromatic rings. The Hall–Kier alpha value is -3.15. The summed E-state index contributed by atoms with van der Waals surface area (Å²) in [6.45, 7) is 3.98. The number of methoxy groups -OCH3 is 3. The summed E-state index contributed by atoms with van der Waals surface area (Å²) in [4.78, 5) is 16.0. The number of amides is 1. The van der Waals surface area contributed by atoms with Crippen LogP contribution in [0.1, 0.15) is 21.5 Å². The van der Waals surface area contributed by atoms with Gasteiger partial charge in [0.25, 0.3) is 5.91 Å². The average Bonchev–Trinajstić information content (AvgIpc) is 3.05. The number of aromatic amines is 1. The highest BCUT2D eigenvalue weighted by Gasteiger charge is 2.23. The number of benzene rings is 2. The minimum atomic E-state index is -0.228. The Kier molecular flexibility index (Phi) is 4.75.